The highest BCUT2D eigenvalue weighted by Gasteiger charge is 2.19. The largest absolute Gasteiger partial charge is 0.326 e. The Morgan fingerprint density at radius 2 is 1.89 bits per heavy atom. The van der Waals surface area contributed by atoms with Crippen molar-refractivity contribution in [3.63, 3.8) is 0 Å². The van der Waals surface area contributed by atoms with Crippen LogP contribution < -0.4 is 9.62 Å². The molecule has 0 aliphatic carbocycles. The highest BCUT2D eigenvalue weighted by Crippen LogP contribution is 2.24. The minimum Gasteiger partial charge on any atom is -0.326 e. The molecule has 1 N–H and O–H groups in total. The summed E-state index contributed by atoms with van der Waals surface area (Å²) >= 11 is 0. The van der Waals surface area contributed by atoms with Crippen molar-refractivity contribution in [2.75, 3.05) is 22.4 Å². The number of anilines is 2. The number of nitro groups is 1. The Bertz CT molecular complexity index is 989. The van der Waals surface area contributed by atoms with Crippen LogP contribution in [0.25, 0.3) is 0 Å². The number of non-ortho nitro benzene ring substituents is 1. The van der Waals surface area contributed by atoms with Gasteiger partial charge in [0.25, 0.3) is 5.69 Å². The van der Waals surface area contributed by atoms with Crippen molar-refractivity contribution in [1.82, 2.24) is 0 Å². The van der Waals surface area contributed by atoms with Gasteiger partial charge in [-0.05, 0) is 43.5 Å². The normalized spacial score (nSPS) is 11.1. The number of nitrogens with one attached hydrogen (secondary N) is 1. The van der Waals surface area contributed by atoms with Gasteiger partial charge < -0.3 is 5.32 Å². The molecule has 0 saturated heterocycles. The summed E-state index contributed by atoms with van der Waals surface area (Å²) in [5, 5.41) is 13.4. The molecule has 1 amide bonds. The van der Waals surface area contributed by atoms with Crippen LogP contribution in [0.3, 0.4) is 0 Å². The Labute approximate surface area is 164 Å². The maximum atomic E-state index is 12.2. The van der Waals surface area contributed by atoms with Crippen molar-refractivity contribution in [3.8, 4) is 0 Å². The lowest BCUT2D eigenvalue weighted by atomic mass is 10.1. The van der Waals surface area contributed by atoms with Gasteiger partial charge in [-0.15, -0.1) is 0 Å². The van der Waals surface area contributed by atoms with E-state index in [0.29, 0.717) is 17.8 Å². The Kier molecular flexibility index (Phi) is 6.74. The summed E-state index contributed by atoms with van der Waals surface area (Å²) in [6.45, 7) is 3.88. The molecule has 2 aromatic rings. The zero-order valence-corrected chi connectivity index (χ0v) is 16.8. The molecule has 0 fully saturated rings. The summed E-state index contributed by atoms with van der Waals surface area (Å²) in [7, 11) is -3.50. The second kappa shape index (κ2) is 8.83. The first-order chi connectivity index (χ1) is 13.1. The zero-order chi connectivity index (χ0) is 20.9. The molecular weight excluding hydrogens is 382 g/mol. The maximum Gasteiger partial charge on any atom is 0.271 e. The molecule has 0 saturated carbocycles. The van der Waals surface area contributed by atoms with E-state index < -0.39 is 14.9 Å². The van der Waals surface area contributed by atoms with Gasteiger partial charge in [0.15, 0.2) is 0 Å². The topological polar surface area (TPSA) is 110 Å². The minimum absolute atomic E-state index is 0.0829. The van der Waals surface area contributed by atoms with Gasteiger partial charge in [0.1, 0.15) is 0 Å². The van der Waals surface area contributed by atoms with Gasteiger partial charge in [0.05, 0.1) is 16.9 Å². The SMILES string of the molecule is Cc1ccc(C)c(N(CCCC(=O)Nc2cccc([N+](=O)[O-])c2)S(C)(=O)=O)c1. The van der Waals surface area contributed by atoms with Gasteiger partial charge in [-0.25, -0.2) is 8.42 Å². The third-order valence-electron chi connectivity index (χ3n) is 4.14. The van der Waals surface area contributed by atoms with E-state index in [1.807, 2.05) is 26.0 Å². The first-order valence-corrected chi connectivity index (χ1v) is 10.5. The molecule has 0 atom stereocenters. The number of rotatable bonds is 8. The Morgan fingerprint density at radius 1 is 1.18 bits per heavy atom. The molecule has 2 rings (SSSR count). The highest BCUT2D eigenvalue weighted by molar-refractivity contribution is 7.92. The quantitative estimate of drug-likeness (QED) is 0.535. The van der Waals surface area contributed by atoms with E-state index in [2.05, 4.69) is 5.32 Å². The summed E-state index contributed by atoms with van der Waals surface area (Å²) in [5.41, 5.74) is 2.58. The first kappa shape index (κ1) is 21.4. The predicted molar refractivity (Wildman–Crippen MR) is 109 cm³/mol. The van der Waals surface area contributed by atoms with Gasteiger partial charge in [-0.2, -0.15) is 0 Å². The molecule has 150 valence electrons. The van der Waals surface area contributed by atoms with Gasteiger partial charge >= 0.3 is 0 Å². The second-order valence-corrected chi connectivity index (χ2v) is 8.49. The van der Waals surface area contributed by atoms with Gasteiger partial charge in [0, 0.05) is 30.8 Å². The fraction of sp³-hybridized carbons (Fsp3) is 0.316. The smallest absolute Gasteiger partial charge is 0.271 e. The predicted octanol–water partition coefficient (Wildman–Crippen LogP) is 3.40. The summed E-state index contributed by atoms with van der Waals surface area (Å²) in [4.78, 5) is 22.4. The van der Waals surface area contributed by atoms with E-state index in [1.54, 1.807) is 12.1 Å². The molecule has 0 aliphatic rings. The third kappa shape index (κ3) is 5.78. The van der Waals surface area contributed by atoms with Crippen molar-refractivity contribution in [3.05, 3.63) is 63.7 Å². The third-order valence-corrected chi connectivity index (χ3v) is 5.32. The van der Waals surface area contributed by atoms with Crippen LogP contribution in [-0.4, -0.2) is 32.0 Å². The molecular formula is C19H23N3O5S. The standard InChI is InChI=1S/C19H23N3O5S/c1-14-9-10-15(2)18(12-14)21(28(3,26)27)11-5-8-19(23)20-16-6-4-7-17(13-16)22(24)25/h4,6-7,9-10,12-13H,5,8,11H2,1-3H3,(H,20,23). The summed E-state index contributed by atoms with van der Waals surface area (Å²) < 4.78 is 25.8. The van der Waals surface area contributed by atoms with E-state index in [9.17, 15) is 23.3 Å². The van der Waals surface area contributed by atoms with Crippen LogP contribution in [0.4, 0.5) is 17.1 Å². The van der Waals surface area contributed by atoms with Gasteiger partial charge in [0.2, 0.25) is 15.9 Å². The number of amides is 1. The fourth-order valence-electron chi connectivity index (χ4n) is 2.76. The number of hydrogen-bond donors (Lipinski definition) is 1. The van der Waals surface area contributed by atoms with Crippen molar-refractivity contribution >= 4 is 33.0 Å². The van der Waals surface area contributed by atoms with Crippen LogP contribution in [0.1, 0.15) is 24.0 Å². The molecule has 0 spiro atoms. The molecule has 0 aliphatic heterocycles. The van der Waals surface area contributed by atoms with Crippen molar-refractivity contribution in [2.45, 2.75) is 26.7 Å². The highest BCUT2D eigenvalue weighted by atomic mass is 32.2. The number of carbonyl (C=O) groups excluding carboxylic acids is 1. The minimum atomic E-state index is -3.50. The summed E-state index contributed by atoms with van der Waals surface area (Å²) in [6.07, 6.45) is 1.53. The Morgan fingerprint density at radius 3 is 2.54 bits per heavy atom. The van der Waals surface area contributed by atoms with Gasteiger partial charge in [-0.1, -0.05) is 18.2 Å². The number of hydrogen-bond acceptors (Lipinski definition) is 5. The first-order valence-electron chi connectivity index (χ1n) is 8.67. The summed E-state index contributed by atoms with van der Waals surface area (Å²) in [6, 6.07) is 11.2. The molecule has 0 unspecified atom stereocenters. The zero-order valence-electron chi connectivity index (χ0n) is 16.0. The molecule has 28 heavy (non-hydrogen) atoms. The lowest BCUT2D eigenvalue weighted by molar-refractivity contribution is -0.384. The molecule has 0 heterocycles. The number of sulfonamides is 1. The monoisotopic (exact) mass is 405 g/mol. The molecule has 0 bridgehead atoms. The van der Waals surface area contributed by atoms with Crippen LogP contribution in [-0.2, 0) is 14.8 Å². The number of nitrogens with zero attached hydrogens (tertiary/aromatic N) is 2. The lowest BCUT2D eigenvalue weighted by Crippen LogP contribution is -2.32. The number of nitro benzene ring substituents is 1. The Balaban J connectivity index is 2.02. The van der Waals surface area contributed by atoms with Crippen molar-refractivity contribution < 1.29 is 18.1 Å². The van der Waals surface area contributed by atoms with Crippen LogP contribution in [0.15, 0.2) is 42.5 Å². The van der Waals surface area contributed by atoms with E-state index in [1.165, 1.54) is 22.5 Å². The Hall–Kier alpha value is -2.94. The van der Waals surface area contributed by atoms with Crippen molar-refractivity contribution in [2.24, 2.45) is 0 Å². The van der Waals surface area contributed by atoms with E-state index in [4.69, 9.17) is 0 Å². The maximum absolute atomic E-state index is 12.2. The molecule has 2 aromatic carbocycles. The fourth-order valence-corrected chi connectivity index (χ4v) is 3.77. The average Bonchev–Trinajstić information content (AvgIpc) is 2.60. The lowest BCUT2D eigenvalue weighted by Gasteiger charge is -2.24. The molecule has 8 nitrogen and oxygen atoms in total. The van der Waals surface area contributed by atoms with Crippen molar-refractivity contribution in [1.29, 1.82) is 0 Å². The van der Waals surface area contributed by atoms with E-state index in [-0.39, 0.29) is 24.6 Å². The number of benzene rings is 2. The van der Waals surface area contributed by atoms with E-state index >= 15 is 0 Å². The second-order valence-electron chi connectivity index (χ2n) is 6.58. The van der Waals surface area contributed by atoms with Crippen LogP contribution in [0, 0.1) is 24.0 Å². The van der Waals surface area contributed by atoms with Gasteiger partial charge in [-0.3, -0.25) is 19.2 Å². The van der Waals surface area contributed by atoms with Crippen LogP contribution in [0.2, 0.25) is 0 Å². The summed E-state index contributed by atoms with van der Waals surface area (Å²) in [5.74, 6) is -0.338. The number of carbonyl (C=O) groups is 1. The van der Waals surface area contributed by atoms with E-state index in [0.717, 1.165) is 17.4 Å². The van der Waals surface area contributed by atoms with Crippen LogP contribution >= 0.6 is 0 Å². The molecule has 0 radical (unpaired) electrons. The van der Waals surface area contributed by atoms with Crippen LogP contribution in [0.5, 0.6) is 0 Å². The average molecular weight is 405 g/mol. The number of aryl methyl sites for hydroxylation is 2. The molecule has 9 heteroatoms. The molecule has 0 aromatic heterocycles.